The van der Waals surface area contributed by atoms with Crippen molar-refractivity contribution in [3.8, 4) is 0 Å². The molecule has 84 valence electrons. The monoisotopic (exact) mass is 202 g/mol. The largest absolute Gasteiger partial charge is 0.378 e. The molecular weight excluding hydrogens is 180 g/mol. The number of carbonyl (C=O) groups is 1. The van der Waals surface area contributed by atoms with Crippen LogP contribution in [0.2, 0.25) is 0 Å². The van der Waals surface area contributed by atoms with E-state index in [1.54, 1.807) is 0 Å². The van der Waals surface area contributed by atoms with Crippen LogP contribution in [0.3, 0.4) is 0 Å². The van der Waals surface area contributed by atoms with Crippen molar-refractivity contribution in [2.45, 2.75) is 13.8 Å². The Morgan fingerprint density at radius 3 is 2.50 bits per heavy atom. The van der Waals surface area contributed by atoms with Crippen LogP contribution in [0.15, 0.2) is 0 Å². The van der Waals surface area contributed by atoms with E-state index in [-0.39, 0.29) is 11.8 Å². The molecule has 0 aliphatic heterocycles. The Kier molecular flexibility index (Phi) is 7.42. The molecule has 4 heteroatoms. The number of hydrogen-bond acceptors (Lipinski definition) is 3. The predicted octanol–water partition coefficient (Wildman–Crippen LogP) is 0.337. The molecule has 4 nitrogen and oxygen atoms in total. The Bertz CT molecular complexity index is 158. The second-order valence-electron chi connectivity index (χ2n) is 3.86. The minimum Gasteiger partial charge on any atom is -0.378 e. The van der Waals surface area contributed by atoms with Gasteiger partial charge in [-0.2, -0.15) is 0 Å². The van der Waals surface area contributed by atoms with Crippen molar-refractivity contribution in [2.75, 3.05) is 40.4 Å². The van der Waals surface area contributed by atoms with E-state index in [1.165, 1.54) is 0 Å². The SMILES string of the molecule is CC(C)C(=O)NCCOCCN(C)C. The van der Waals surface area contributed by atoms with Gasteiger partial charge in [0.05, 0.1) is 13.2 Å². The Hall–Kier alpha value is -0.610. The van der Waals surface area contributed by atoms with Crippen molar-refractivity contribution in [3.63, 3.8) is 0 Å². The van der Waals surface area contributed by atoms with Crippen LogP contribution in [-0.4, -0.2) is 51.2 Å². The summed E-state index contributed by atoms with van der Waals surface area (Å²) in [5, 5.41) is 2.79. The molecule has 0 saturated carbocycles. The van der Waals surface area contributed by atoms with E-state index in [0.717, 1.165) is 6.54 Å². The van der Waals surface area contributed by atoms with Gasteiger partial charge >= 0.3 is 0 Å². The summed E-state index contributed by atoms with van der Waals surface area (Å²) in [5.74, 6) is 0.137. The summed E-state index contributed by atoms with van der Waals surface area (Å²) in [6.07, 6.45) is 0. The summed E-state index contributed by atoms with van der Waals surface area (Å²) in [6.45, 7) is 6.57. The lowest BCUT2D eigenvalue weighted by molar-refractivity contribution is -0.124. The lowest BCUT2D eigenvalue weighted by Gasteiger charge is -2.10. The van der Waals surface area contributed by atoms with Crippen LogP contribution in [0.25, 0.3) is 0 Å². The quantitative estimate of drug-likeness (QED) is 0.605. The average Bonchev–Trinajstić information content (AvgIpc) is 2.09. The summed E-state index contributed by atoms with van der Waals surface area (Å²) in [5.41, 5.74) is 0. The molecule has 0 aliphatic rings. The van der Waals surface area contributed by atoms with Gasteiger partial charge in [0.2, 0.25) is 5.91 Å². The van der Waals surface area contributed by atoms with Gasteiger partial charge < -0.3 is 15.0 Å². The first-order chi connectivity index (χ1) is 6.54. The lowest BCUT2D eigenvalue weighted by atomic mass is 10.2. The van der Waals surface area contributed by atoms with Crippen molar-refractivity contribution < 1.29 is 9.53 Å². The van der Waals surface area contributed by atoms with Crippen LogP contribution in [-0.2, 0) is 9.53 Å². The maximum atomic E-state index is 11.1. The number of ether oxygens (including phenoxy) is 1. The molecule has 0 aromatic carbocycles. The number of likely N-dealkylation sites (N-methyl/N-ethyl adjacent to an activating group) is 1. The zero-order valence-electron chi connectivity index (χ0n) is 9.67. The highest BCUT2D eigenvalue weighted by atomic mass is 16.5. The van der Waals surface area contributed by atoms with Gasteiger partial charge in [0.25, 0.3) is 0 Å². The van der Waals surface area contributed by atoms with E-state index in [4.69, 9.17) is 4.74 Å². The van der Waals surface area contributed by atoms with Gasteiger partial charge in [-0.05, 0) is 14.1 Å². The fourth-order valence-electron chi connectivity index (χ4n) is 0.800. The Balaban J connectivity index is 3.18. The van der Waals surface area contributed by atoms with Gasteiger partial charge in [-0.3, -0.25) is 4.79 Å². The highest BCUT2D eigenvalue weighted by Crippen LogP contribution is 1.89. The van der Waals surface area contributed by atoms with Crippen molar-refractivity contribution in [1.29, 1.82) is 0 Å². The third kappa shape index (κ3) is 8.01. The minimum absolute atomic E-state index is 0.0526. The van der Waals surface area contributed by atoms with Gasteiger partial charge in [0.1, 0.15) is 0 Å². The second-order valence-corrected chi connectivity index (χ2v) is 3.86. The summed E-state index contributed by atoms with van der Waals surface area (Å²) in [4.78, 5) is 13.2. The van der Waals surface area contributed by atoms with Crippen LogP contribution in [0.5, 0.6) is 0 Å². The van der Waals surface area contributed by atoms with Gasteiger partial charge in [-0.1, -0.05) is 13.8 Å². The van der Waals surface area contributed by atoms with Crippen LogP contribution >= 0.6 is 0 Å². The Morgan fingerprint density at radius 1 is 1.36 bits per heavy atom. The van der Waals surface area contributed by atoms with Crippen molar-refractivity contribution in [2.24, 2.45) is 5.92 Å². The number of nitrogens with one attached hydrogen (secondary N) is 1. The van der Waals surface area contributed by atoms with Gasteiger partial charge in [0.15, 0.2) is 0 Å². The predicted molar refractivity (Wildman–Crippen MR) is 57.2 cm³/mol. The minimum atomic E-state index is 0.0526. The van der Waals surface area contributed by atoms with Crippen LogP contribution in [0.4, 0.5) is 0 Å². The second kappa shape index (κ2) is 7.76. The third-order valence-corrected chi connectivity index (χ3v) is 1.75. The molecule has 0 atom stereocenters. The fourth-order valence-corrected chi connectivity index (χ4v) is 0.800. The first-order valence-corrected chi connectivity index (χ1v) is 5.04. The molecule has 0 fully saturated rings. The smallest absolute Gasteiger partial charge is 0.222 e. The number of rotatable bonds is 7. The molecule has 14 heavy (non-hydrogen) atoms. The molecule has 0 unspecified atom stereocenters. The van der Waals surface area contributed by atoms with E-state index in [1.807, 2.05) is 27.9 Å². The Labute approximate surface area is 86.6 Å². The number of carbonyl (C=O) groups excluding carboxylic acids is 1. The van der Waals surface area contributed by atoms with Crippen molar-refractivity contribution >= 4 is 5.91 Å². The van der Waals surface area contributed by atoms with E-state index < -0.39 is 0 Å². The van der Waals surface area contributed by atoms with Gasteiger partial charge in [-0.15, -0.1) is 0 Å². The lowest BCUT2D eigenvalue weighted by Crippen LogP contribution is -2.31. The topological polar surface area (TPSA) is 41.6 Å². The van der Waals surface area contributed by atoms with Gasteiger partial charge in [0, 0.05) is 19.0 Å². The molecule has 0 aliphatic carbocycles. The van der Waals surface area contributed by atoms with Crippen molar-refractivity contribution in [1.82, 2.24) is 10.2 Å². The standard InChI is InChI=1S/C10H22N2O2/c1-9(2)10(13)11-5-7-14-8-6-12(3)4/h9H,5-8H2,1-4H3,(H,11,13). The van der Waals surface area contributed by atoms with E-state index in [2.05, 4.69) is 10.2 Å². The van der Waals surface area contributed by atoms with E-state index in [0.29, 0.717) is 19.8 Å². The summed E-state index contributed by atoms with van der Waals surface area (Å²) >= 11 is 0. The Morgan fingerprint density at radius 2 is 2.00 bits per heavy atom. The first-order valence-electron chi connectivity index (χ1n) is 5.04. The molecule has 0 heterocycles. The molecule has 0 aromatic rings. The normalized spacial score (nSPS) is 11.0. The fraction of sp³-hybridized carbons (Fsp3) is 0.900. The molecule has 0 spiro atoms. The highest BCUT2D eigenvalue weighted by Gasteiger charge is 2.04. The van der Waals surface area contributed by atoms with Crippen molar-refractivity contribution in [3.05, 3.63) is 0 Å². The van der Waals surface area contributed by atoms with Crippen LogP contribution in [0.1, 0.15) is 13.8 Å². The highest BCUT2D eigenvalue weighted by molar-refractivity contribution is 5.77. The molecule has 0 radical (unpaired) electrons. The number of hydrogen-bond donors (Lipinski definition) is 1. The van der Waals surface area contributed by atoms with Crippen LogP contribution in [0, 0.1) is 5.92 Å². The maximum Gasteiger partial charge on any atom is 0.222 e. The maximum absolute atomic E-state index is 11.1. The average molecular weight is 202 g/mol. The molecule has 0 aromatic heterocycles. The summed E-state index contributed by atoms with van der Waals surface area (Å²) in [7, 11) is 4.01. The molecule has 1 amide bonds. The van der Waals surface area contributed by atoms with Gasteiger partial charge in [-0.25, -0.2) is 0 Å². The molecular formula is C10H22N2O2. The number of amides is 1. The van der Waals surface area contributed by atoms with E-state index in [9.17, 15) is 4.79 Å². The molecule has 0 bridgehead atoms. The zero-order valence-corrected chi connectivity index (χ0v) is 9.67. The molecule has 0 rings (SSSR count). The first kappa shape index (κ1) is 13.4. The van der Waals surface area contributed by atoms with E-state index >= 15 is 0 Å². The molecule has 1 N–H and O–H groups in total. The number of nitrogens with zero attached hydrogens (tertiary/aromatic N) is 1. The zero-order chi connectivity index (χ0) is 11.0. The summed E-state index contributed by atoms with van der Waals surface area (Å²) in [6, 6.07) is 0. The summed E-state index contributed by atoms with van der Waals surface area (Å²) < 4.78 is 5.32. The molecule has 0 saturated heterocycles. The van der Waals surface area contributed by atoms with Crippen LogP contribution < -0.4 is 5.32 Å². The third-order valence-electron chi connectivity index (χ3n) is 1.75.